The third kappa shape index (κ3) is 3.62. The molecule has 0 aliphatic carbocycles. The van der Waals surface area contributed by atoms with Crippen LogP contribution in [0, 0.1) is 11.3 Å². The van der Waals surface area contributed by atoms with Crippen molar-refractivity contribution in [3.63, 3.8) is 0 Å². The van der Waals surface area contributed by atoms with Crippen LogP contribution in [0.25, 0.3) is 0 Å². The highest BCUT2D eigenvalue weighted by Crippen LogP contribution is 2.13. The van der Waals surface area contributed by atoms with E-state index in [1.165, 1.54) is 0 Å². The Kier molecular flexibility index (Phi) is 4.16. The molecular formula is C12H18N2O. The van der Waals surface area contributed by atoms with Gasteiger partial charge in [0.1, 0.15) is 11.6 Å². The quantitative estimate of drug-likeness (QED) is 0.574. The van der Waals surface area contributed by atoms with Crippen molar-refractivity contribution in [1.82, 2.24) is 0 Å². The van der Waals surface area contributed by atoms with E-state index in [1.807, 2.05) is 12.1 Å². The van der Waals surface area contributed by atoms with Crippen molar-refractivity contribution in [3.05, 3.63) is 29.8 Å². The number of amidine groups is 1. The SMILES string of the molecule is CCC(C)COc1ccc(C(=N)N)cc1. The summed E-state index contributed by atoms with van der Waals surface area (Å²) >= 11 is 0. The average Bonchev–Trinajstić information content (AvgIpc) is 2.26. The molecule has 3 N–H and O–H groups in total. The maximum atomic E-state index is 7.24. The molecular weight excluding hydrogens is 188 g/mol. The molecule has 0 aliphatic heterocycles. The Morgan fingerprint density at radius 2 is 2.00 bits per heavy atom. The van der Waals surface area contributed by atoms with E-state index < -0.39 is 0 Å². The highest BCUT2D eigenvalue weighted by molar-refractivity contribution is 5.94. The van der Waals surface area contributed by atoms with Gasteiger partial charge >= 0.3 is 0 Å². The number of nitrogen functional groups attached to an aromatic ring is 1. The first kappa shape index (κ1) is 11.6. The summed E-state index contributed by atoms with van der Waals surface area (Å²) in [4.78, 5) is 0. The summed E-state index contributed by atoms with van der Waals surface area (Å²) in [6.45, 7) is 5.03. The first-order chi connectivity index (χ1) is 7.13. The number of ether oxygens (including phenoxy) is 1. The lowest BCUT2D eigenvalue weighted by molar-refractivity contribution is 0.256. The highest BCUT2D eigenvalue weighted by Gasteiger charge is 2.01. The standard InChI is InChI=1S/C12H18N2O/c1-3-9(2)8-15-11-6-4-10(5-7-11)12(13)14/h4-7,9H,3,8H2,1-2H3,(H3,13,14). The van der Waals surface area contributed by atoms with E-state index >= 15 is 0 Å². The van der Waals surface area contributed by atoms with E-state index in [0.717, 1.165) is 24.3 Å². The van der Waals surface area contributed by atoms with E-state index in [2.05, 4.69) is 13.8 Å². The molecule has 0 aliphatic rings. The molecule has 0 radical (unpaired) electrons. The predicted octanol–water partition coefficient (Wildman–Crippen LogP) is 2.40. The van der Waals surface area contributed by atoms with Crippen molar-refractivity contribution in [1.29, 1.82) is 5.41 Å². The van der Waals surface area contributed by atoms with E-state index in [4.69, 9.17) is 15.9 Å². The van der Waals surface area contributed by atoms with Crippen molar-refractivity contribution in [3.8, 4) is 5.75 Å². The van der Waals surface area contributed by atoms with Crippen LogP contribution < -0.4 is 10.5 Å². The van der Waals surface area contributed by atoms with E-state index in [-0.39, 0.29) is 5.84 Å². The molecule has 3 nitrogen and oxygen atoms in total. The Balaban J connectivity index is 2.53. The van der Waals surface area contributed by atoms with E-state index in [1.54, 1.807) is 12.1 Å². The van der Waals surface area contributed by atoms with Gasteiger partial charge < -0.3 is 10.5 Å². The van der Waals surface area contributed by atoms with Crippen molar-refractivity contribution in [2.45, 2.75) is 20.3 Å². The molecule has 0 saturated heterocycles. The van der Waals surface area contributed by atoms with Crippen LogP contribution in [0.4, 0.5) is 0 Å². The van der Waals surface area contributed by atoms with Crippen LogP contribution in [-0.2, 0) is 0 Å². The molecule has 3 heteroatoms. The fourth-order valence-electron chi connectivity index (χ4n) is 1.09. The average molecular weight is 206 g/mol. The van der Waals surface area contributed by atoms with Gasteiger partial charge in [-0.1, -0.05) is 20.3 Å². The minimum atomic E-state index is 0.0866. The zero-order chi connectivity index (χ0) is 11.3. The first-order valence-corrected chi connectivity index (χ1v) is 5.20. The number of rotatable bonds is 5. The third-order valence-corrected chi connectivity index (χ3v) is 2.40. The fraction of sp³-hybridized carbons (Fsp3) is 0.417. The van der Waals surface area contributed by atoms with Crippen LogP contribution in [0.1, 0.15) is 25.8 Å². The lowest BCUT2D eigenvalue weighted by Gasteiger charge is -2.11. The number of hydrogen-bond donors (Lipinski definition) is 2. The minimum Gasteiger partial charge on any atom is -0.493 e. The van der Waals surface area contributed by atoms with Crippen LogP contribution in [0.5, 0.6) is 5.75 Å². The summed E-state index contributed by atoms with van der Waals surface area (Å²) in [5.74, 6) is 1.49. The second-order valence-electron chi connectivity index (χ2n) is 3.76. The molecule has 0 saturated carbocycles. The summed E-state index contributed by atoms with van der Waals surface area (Å²) in [7, 11) is 0. The molecule has 1 atom stereocenters. The predicted molar refractivity (Wildman–Crippen MR) is 62.4 cm³/mol. The Morgan fingerprint density at radius 1 is 1.40 bits per heavy atom. The maximum absolute atomic E-state index is 7.24. The molecule has 82 valence electrons. The zero-order valence-corrected chi connectivity index (χ0v) is 9.29. The maximum Gasteiger partial charge on any atom is 0.122 e. The Bertz CT molecular complexity index is 319. The van der Waals surface area contributed by atoms with E-state index in [0.29, 0.717) is 5.92 Å². The van der Waals surface area contributed by atoms with Gasteiger partial charge in [-0.3, -0.25) is 5.41 Å². The topological polar surface area (TPSA) is 59.1 Å². The molecule has 0 bridgehead atoms. The lowest BCUT2D eigenvalue weighted by atomic mass is 10.1. The lowest BCUT2D eigenvalue weighted by Crippen LogP contribution is -2.11. The number of nitrogens with one attached hydrogen (secondary N) is 1. The summed E-state index contributed by atoms with van der Waals surface area (Å²) in [6.07, 6.45) is 1.12. The largest absolute Gasteiger partial charge is 0.493 e. The van der Waals surface area contributed by atoms with Crippen molar-refractivity contribution < 1.29 is 4.74 Å². The summed E-state index contributed by atoms with van der Waals surface area (Å²) in [6, 6.07) is 7.29. The van der Waals surface area contributed by atoms with Gasteiger partial charge in [0.15, 0.2) is 0 Å². The molecule has 1 unspecified atom stereocenters. The first-order valence-electron chi connectivity index (χ1n) is 5.20. The van der Waals surface area contributed by atoms with Gasteiger partial charge in [-0.25, -0.2) is 0 Å². The molecule has 0 fully saturated rings. The normalized spacial score (nSPS) is 12.1. The van der Waals surface area contributed by atoms with Crippen LogP contribution in [0.2, 0.25) is 0 Å². The highest BCUT2D eigenvalue weighted by atomic mass is 16.5. The van der Waals surface area contributed by atoms with Crippen LogP contribution in [-0.4, -0.2) is 12.4 Å². The van der Waals surface area contributed by atoms with Crippen LogP contribution in [0.3, 0.4) is 0 Å². The molecule has 0 amide bonds. The molecule has 1 aromatic carbocycles. The zero-order valence-electron chi connectivity index (χ0n) is 9.29. The third-order valence-electron chi connectivity index (χ3n) is 2.40. The smallest absolute Gasteiger partial charge is 0.122 e. The Hall–Kier alpha value is -1.51. The summed E-state index contributed by atoms with van der Waals surface area (Å²) < 4.78 is 5.58. The van der Waals surface area contributed by atoms with E-state index in [9.17, 15) is 0 Å². The monoisotopic (exact) mass is 206 g/mol. The van der Waals surface area contributed by atoms with Gasteiger partial charge in [0, 0.05) is 5.56 Å². The van der Waals surface area contributed by atoms with Gasteiger partial charge in [0.25, 0.3) is 0 Å². The Labute approximate surface area is 90.8 Å². The van der Waals surface area contributed by atoms with Gasteiger partial charge in [-0.15, -0.1) is 0 Å². The van der Waals surface area contributed by atoms with Gasteiger partial charge in [-0.05, 0) is 30.2 Å². The Morgan fingerprint density at radius 3 is 2.47 bits per heavy atom. The molecule has 1 rings (SSSR count). The van der Waals surface area contributed by atoms with Gasteiger partial charge in [0.2, 0.25) is 0 Å². The summed E-state index contributed by atoms with van der Waals surface area (Å²) in [5, 5.41) is 7.24. The van der Waals surface area contributed by atoms with Crippen LogP contribution >= 0.6 is 0 Å². The van der Waals surface area contributed by atoms with Gasteiger partial charge in [0.05, 0.1) is 6.61 Å². The van der Waals surface area contributed by atoms with Crippen molar-refractivity contribution in [2.24, 2.45) is 11.7 Å². The number of benzene rings is 1. The van der Waals surface area contributed by atoms with Crippen molar-refractivity contribution >= 4 is 5.84 Å². The molecule has 15 heavy (non-hydrogen) atoms. The molecule has 0 spiro atoms. The molecule has 0 heterocycles. The summed E-state index contributed by atoms with van der Waals surface area (Å²) in [5.41, 5.74) is 6.08. The second-order valence-corrected chi connectivity index (χ2v) is 3.76. The molecule has 0 aromatic heterocycles. The second kappa shape index (κ2) is 5.39. The van der Waals surface area contributed by atoms with Gasteiger partial charge in [-0.2, -0.15) is 0 Å². The number of hydrogen-bond acceptors (Lipinski definition) is 2. The molecule has 1 aromatic rings. The van der Waals surface area contributed by atoms with Crippen LogP contribution in [0.15, 0.2) is 24.3 Å². The fourth-order valence-corrected chi connectivity index (χ4v) is 1.09. The van der Waals surface area contributed by atoms with Crippen molar-refractivity contribution in [2.75, 3.05) is 6.61 Å². The minimum absolute atomic E-state index is 0.0866. The number of nitrogens with two attached hydrogens (primary N) is 1.